The van der Waals surface area contributed by atoms with Gasteiger partial charge < -0.3 is 9.30 Å². The monoisotopic (exact) mass is 260 g/mol. The van der Waals surface area contributed by atoms with Gasteiger partial charge in [0, 0.05) is 19.3 Å². The summed E-state index contributed by atoms with van der Waals surface area (Å²) in [6.45, 7) is -0.233. The van der Waals surface area contributed by atoms with Crippen LogP contribution in [0.2, 0.25) is 0 Å². The van der Waals surface area contributed by atoms with Crippen LogP contribution in [-0.2, 0) is 7.05 Å². The summed E-state index contributed by atoms with van der Waals surface area (Å²) in [5, 5.41) is 10.8. The number of hydrogen-bond acceptors (Lipinski definition) is 4. The van der Waals surface area contributed by atoms with Crippen LogP contribution in [-0.4, -0.2) is 21.9 Å². The van der Waals surface area contributed by atoms with Crippen LogP contribution in [0.15, 0.2) is 42.6 Å². The van der Waals surface area contributed by atoms with Crippen molar-refractivity contribution in [3.8, 4) is 5.75 Å². The van der Waals surface area contributed by atoms with Gasteiger partial charge in [0.15, 0.2) is 12.4 Å². The van der Waals surface area contributed by atoms with Crippen molar-refractivity contribution in [3.05, 3.63) is 58.4 Å². The summed E-state index contributed by atoms with van der Waals surface area (Å²) in [7, 11) is 1.75. The predicted molar refractivity (Wildman–Crippen MR) is 68.3 cm³/mol. The van der Waals surface area contributed by atoms with Crippen molar-refractivity contribution in [3.63, 3.8) is 0 Å². The van der Waals surface area contributed by atoms with Gasteiger partial charge in [-0.25, -0.2) is 0 Å². The Morgan fingerprint density at radius 2 is 2.05 bits per heavy atom. The third-order valence-electron chi connectivity index (χ3n) is 2.65. The van der Waals surface area contributed by atoms with Crippen LogP contribution in [0.25, 0.3) is 0 Å². The van der Waals surface area contributed by atoms with Gasteiger partial charge in [-0.15, -0.1) is 0 Å². The van der Waals surface area contributed by atoms with Gasteiger partial charge in [0.1, 0.15) is 0 Å². The molecule has 6 nitrogen and oxygen atoms in total. The fraction of sp³-hybridized carbons (Fsp3) is 0.154. The lowest BCUT2D eigenvalue weighted by Gasteiger charge is -2.06. The smallest absolute Gasteiger partial charge is 0.310 e. The average Bonchev–Trinajstić information content (AvgIpc) is 2.82. The molecular formula is C13H12N2O4. The predicted octanol–water partition coefficient (Wildman–Crippen LogP) is 2.20. The largest absolute Gasteiger partial charge is 0.478 e. The minimum atomic E-state index is -0.539. The summed E-state index contributed by atoms with van der Waals surface area (Å²) >= 11 is 0. The molecule has 0 bridgehead atoms. The molecule has 1 aromatic carbocycles. The minimum absolute atomic E-state index is 0.0926. The first kappa shape index (κ1) is 12.8. The first-order chi connectivity index (χ1) is 9.09. The van der Waals surface area contributed by atoms with Gasteiger partial charge in [0.2, 0.25) is 5.78 Å². The highest BCUT2D eigenvalue weighted by Gasteiger charge is 2.16. The Morgan fingerprint density at radius 3 is 2.68 bits per heavy atom. The third kappa shape index (κ3) is 2.79. The number of carbonyl (C=O) groups excluding carboxylic acids is 1. The molecule has 1 heterocycles. The number of carbonyl (C=O) groups is 1. The second kappa shape index (κ2) is 5.34. The highest BCUT2D eigenvalue weighted by molar-refractivity contribution is 5.95. The summed E-state index contributed by atoms with van der Waals surface area (Å²) in [6.07, 6.45) is 1.75. The molecule has 0 saturated heterocycles. The van der Waals surface area contributed by atoms with E-state index in [9.17, 15) is 14.9 Å². The van der Waals surface area contributed by atoms with E-state index in [1.807, 2.05) is 0 Å². The highest BCUT2D eigenvalue weighted by atomic mass is 16.6. The summed E-state index contributed by atoms with van der Waals surface area (Å²) in [4.78, 5) is 22.1. The van der Waals surface area contributed by atoms with Crippen molar-refractivity contribution < 1.29 is 14.5 Å². The van der Waals surface area contributed by atoms with Gasteiger partial charge in [-0.1, -0.05) is 12.1 Å². The Kier molecular flexibility index (Phi) is 3.61. The molecule has 0 saturated carbocycles. The molecule has 0 spiro atoms. The number of ether oxygens (including phenoxy) is 1. The summed E-state index contributed by atoms with van der Waals surface area (Å²) < 4.78 is 6.91. The van der Waals surface area contributed by atoms with Gasteiger partial charge in [-0.05, 0) is 18.2 Å². The lowest BCUT2D eigenvalue weighted by Crippen LogP contribution is -2.15. The zero-order valence-electron chi connectivity index (χ0n) is 10.3. The first-order valence-corrected chi connectivity index (χ1v) is 5.60. The number of benzene rings is 1. The van der Waals surface area contributed by atoms with Crippen molar-refractivity contribution in [2.45, 2.75) is 0 Å². The number of nitro groups is 1. The van der Waals surface area contributed by atoms with E-state index >= 15 is 0 Å². The van der Waals surface area contributed by atoms with Crippen LogP contribution in [0.3, 0.4) is 0 Å². The quantitative estimate of drug-likeness (QED) is 0.469. The minimum Gasteiger partial charge on any atom is -0.478 e. The van der Waals surface area contributed by atoms with Crippen molar-refractivity contribution in [2.75, 3.05) is 6.61 Å². The summed E-state index contributed by atoms with van der Waals surface area (Å²) in [6, 6.07) is 9.39. The van der Waals surface area contributed by atoms with E-state index in [-0.39, 0.29) is 23.8 Å². The molecule has 0 aliphatic rings. The first-order valence-electron chi connectivity index (χ1n) is 5.60. The number of aromatic nitrogens is 1. The van der Waals surface area contributed by atoms with E-state index < -0.39 is 4.92 Å². The second-order valence-electron chi connectivity index (χ2n) is 3.94. The molecule has 2 aromatic rings. The Morgan fingerprint density at radius 1 is 1.32 bits per heavy atom. The Labute approximate surface area is 109 Å². The molecule has 0 atom stereocenters. The average molecular weight is 260 g/mol. The standard InChI is InChI=1S/C13H12N2O4/c1-14-8-4-6-10(14)12(16)9-19-13-7-3-2-5-11(13)15(17)18/h2-8H,9H2,1H3. The summed E-state index contributed by atoms with van der Waals surface area (Å²) in [5.41, 5.74) is 0.348. The number of nitrogens with zero attached hydrogens (tertiary/aromatic N) is 2. The Bertz CT molecular complexity index is 619. The normalized spacial score (nSPS) is 10.2. The summed E-state index contributed by atoms with van der Waals surface area (Å²) in [5.74, 6) is -0.138. The fourth-order valence-electron chi connectivity index (χ4n) is 1.70. The Balaban J connectivity index is 2.10. The molecule has 6 heteroatoms. The van der Waals surface area contributed by atoms with E-state index in [1.54, 1.807) is 42.1 Å². The van der Waals surface area contributed by atoms with Crippen LogP contribution in [0.1, 0.15) is 10.5 Å². The lowest BCUT2D eigenvalue weighted by atomic mass is 10.3. The van der Waals surface area contributed by atoms with Crippen LogP contribution in [0, 0.1) is 10.1 Å². The third-order valence-corrected chi connectivity index (χ3v) is 2.65. The molecule has 0 fully saturated rings. The van der Waals surface area contributed by atoms with E-state index in [0.717, 1.165) is 0 Å². The van der Waals surface area contributed by atoms with Gasteiger partial charge in [-0.3, -0.25) is 14.9 Å². The number of rotatable bonds is 5. The zero-order valence-corrected chi connectivity index (χ0v) is 10.3. The van der Waals surface area contributed by atoms with E-state index in [0.29, 0.717) is 5.69 Å². The van der Waals surface area contributed by atoms with Crippen LogP contribution >= 0.6 is 0 Å². The SMILES string of the molecule is Cn1cccc1C(=O)COc1ccccc1[N+](=O)[O-]. The maximum Gasteiger partial charge on any atom is 0.310 e. The number of Topliss-reactive ketones (excluding diaryl/α,β-unsaturated/α-hetero) is 1. The maximum atomic E-state index is 11.9. The molecule has 2 rings (SSSR count). The molecule has 98 valence electrons. The van der Waals surface area contributed by atoms with Crippen LogP contribution < -0.4 is 4.74 Å². The molecule has 0 radical (unpaired) electrons. The molecule has 0 N–H and O–H groups in total. The van der Waals surface area contributed by atoms with E-state index in [1.165, 1.54) is 12.1 Å². The zero-order chi connectivity index (χ0) is 13.8. The maximum absolute atomic E-state index is 11.9. The van der Waals surface area contributed by atoms with Crippen molar-refractivity contribution in [2.24, 2.45) is 7.05 Å². The van der Waals surface area contributed by atoms with Crippen LogP contribution in [0.4, 0.5) is 5.69 Å². The van der Waals surface area contributed by atoms with Crippen molar-refractivity contribution in [1.82, 2.24) is 4.57 Å². The number of ketones is 1. The van der Waals surface area contributed by atoms with E-state index in [4.69, 9.17) is 4.74 Å². The fourth-order valence-corrected chi connectivity index (χ4v) is 1.70. The molecule has 19 heavy (non-hydrogen) atoms. The number of hydrogen-bond donors (Lipinski definition) is 0. The number of nitro benzene ring substituents is 1. The topological polar surface area (TPSA) is 74.4 Å². The Hall–Kier alpha value is -2.63. The number of para-hydroxylation sites is 2. The van der Waals surface area contributed by atoms with Crippen molar-refractivity contribution >= 4 is 11.5 Å². The highest BCUT2D eigenvalue weighted by Crippen LogP contribution is 2.25. The van der Waals surface area contributed by atoms with Gasteiger partial charge in [0.25, 0.3) is 0 Å². The van der Waals surface area contributed by atoms with Gasteiger partial charge in [-0.2, -0.15) is 0 Å². The van der Waals surface area contributed by atoms with E-state index in [2.05, 4.69) is 0 Å². The molecular weight excluding hydrogens is 248 g/mol. The van der Waals surface area contributed by atoms with Gasteiger partial charge in [0.05, 0.1) is 10.6 Å². The molecule has 0 unspecified atom stereocenters. The van der Waals surface area contributed by atoms with Crippen LogP contribution in [0.5, 0.6) is 5.75 Å². The second-order valence-corrected chi connectivity index (χ2v) is 3.94. The van der Waals surface area contributed by atoms with Crippen molar-refractivity contribution in [1.29, 1.82) is 0 Å². The number of aryl methyl sites for hydroxylation is 1. The molecule has 0 amide bonds. The lowest BCUT2D eigenvalue weighted by molar-refractivity contribution is -0.385. The van der Waals surface area contributed by atoms with Gasteiger partial charge >= 0.3 is 5.69 Å². The molecule has 1 aromatic heterocycles. The molecule has 0 aliphatic heterocycles. The molecule has 0 aliphatic carbocycles.